The second-order valence-electron chi connectivity index (χ2n) is 6.43. The van der Waals surface area contributed by atoms with Crippen molar-refractivity contribution in [3.05, 3.63) is 48.0 Å². The molecule has 2 aromatic rings. The maximum atomic E-state index is 12.9. The van der Waals surface area contributed by atoms with Crippen LogP contribution in [0.3, 0.4) is 0 Å². The fourth-order valence-electron chi connectivity index (χ4n) is 2.11. The number of nitrogens with one attached hydrogen (secondary N) is 1. The van der Waals surface area contributed by atoms with E-state index >= 15 is 0 Å². The van der Waals surface area contributed by atoms with Gasteiger partial charge in [-0.15, -0.1) is 0 Å². The third-order valence-electron chi connectivity index (χ3n) is 3.65. The number of hydrogen-bond acceptors (Lipinski definition) is 4. The van der Waals surface area contributed by atoms with Crippen LogP contribution in [0.4, 0.5) is 4.39 Å². The average Bonchev–Trinajstić information content (AvgIpc) is 2.94. The zero-order valence-corrected chi connectivity index (χ0v) is 14.2. The summed E-state index contributed by atoms with van der Waals surface area (Å²) < 4.78 is 20.1. The minimum absolute atomic E-state index is 0.00767. The highest BCUT2D eigenvalue weighted by Crippen LogP contribution is 2.21. The monoisotopic (exact) mass is 335 g/mol. The van der Waals surface area contributed by atoms with E-state index in [1.165, 1.54) is 24.3 Å². The van der Waals surface area contributed by atoms with Gasteiger partial charge in [-0.05, 0) is 45.0 Å². The van der Waals surface area contributed by atoms with Crippen LogP contribution >= 0.6 is 0 Å². The molecular weight excluding hydrogens is 313 g/mol. The van der Waals surface area contributed by atoms with Crippen molar-refractivity contribution < 1.29 is 19.0 Å². The van der Waals surface area contributed by atoms with Gasteiger partial charge in [-0.3, -0.25) is 9.48 Å². The second-order valence-corrected chi connectivity index (χ2v) is 6.43. The zero-order chi connectivity index (χ0) is 18.0. The third-order valence-corrected chi connectivity index (χ3v) is 3.65. The summed E-state index contributed by atoms with van der Waals surface area (Å²) in [6.07, 6.45) is 3.23. The first-order valence-corrected chi connectivity index (χ1v) is 7.54. The summed E-state index contributed by atoms with van der Waals surface area (Å²) in [5.41, 5.74) is -1.83. The van der Waals surface area contributed by atoms with E-state index in [-0.39, 0.29) is 12.4 Å². The summed E-state index contributed by atoms with van der Waals surface area (Å²) in [4.78, 5) is 12.4. The maximum Gasteiger partial charge on any atom is 0.263 e. The molecule has 2 rings (SSSR count). The molecule has 0 bridgehead atoms. The lowest BCUT2D eigenvalue weighted by atomic mass is 9.99. The van der Waals surface area contributed by atoms with Crippen LogP contribution in [0, 0.1) is 5.82 Å². The van der Waals surface area contributed by atoms with E-state index in [4.69, 9.17) is 4.74 Å². The average molecular weight is 335 g/mol. The van der Waals surface area contributed by atoms with Gasteiger partial charge in [0, 0.05) is 18.8 Å². The van der Waals surface area contributed by atoms with Gasteiger partial charge in [0.1, 0.15) is 17.2 Å². The molecule has 0 saturated carbocycles. The van der Waals surface area contributed by atoms with Crippen molar-refractivity contribution in [2.45, 2.75) is 32.0 Å². The molecule has 0 saturated heterocycles. The van der Waals surface area contributed by atoms with Crippen molar-refractivity contribution >= 4 is 5.91 Å². The summed E-state index contributed by atoms with van der Waals surface area (Å²) >= 11 is 0. The topological polar surface area (TPSA) is 76.4 Å². The van der Waals surface area contributed by atoms with Gasteiger partial charge in [0.2, 0.25) is 0 Å². The predicted octanol–water partition coefficient (Wildman–Crippen LogP) is 1.74. The molecule has 6 nitrogen and oxygen atoms in total. The molecule has 1 amide bonds. The molecule has 0 aliphatic heterocycles. The van der Waals surface area contributed by atoms with E-state index in [0.29, 0.717) is 11.3 Å². The summed E-state index contributed by atoms with van der Waals surface area (Å²) in [5, 5.41) is 17.2. The van der Waals surface area contributed by atoms with Gasteiger partial charge >= 0.3 is 0 Å². The first-order valence-electron chi connectivity index (χ1n) is 7.54. The molecule has 1 heterocycles. The highest BCUT2D eigenvalue weighted by atomic mass is 19.1. The van der Waals surface area contributed by atoms with Crippen molar-refractivity contribution in [2.75, 3.05) is 6.54 Å². The molecule has 1 atom stereocenters. The van der Waals surface area contributed by atoms with E-state index in [1.807, 2.05) is 0 Å². The normalized spacial score (nSPS) is 14.1. The molecule has 2 N–H and O–H groups in total. The van der Waals surface area contributed by atoms with Crippen LogP contribution in [0.5, 0.6) is 5.75 Å². The molecule has 7 heteroatoms. The Balaban J connectivity index is 1.98. The van der Waals surface area contributed by atoms with Crippen molar-refractivity contribution in [3.8, 4) is 5.75 Å². The minimum Gasteiger partial charge on any atom is -0.478 e. The highest BCUT2D eigenvalue weighted by molar-refractivity contribution is 5.84. The molecule has 0 aliphatic rings. The van der Waals surface area contributed by atoms with Crippen LogP contribution in [0.1, 0.15) is 26.3 Å². The van der Waals surface area contributed by atoms with Crippen LogP contribution in [0.2, 0.25) is 0 Å². The summed E-state index contributed by atoms with van der Waals surface area (Å²) in [6.45, 7) is 4.81. The molecule has 0 aliphatic carbocycles. The van der Waals surface area contributed by atoms with Gasteiger partial charge < -0.3 is 15.2 Å². The zero-order valence-electron chi connectivity index (χ0n) is 14.2. The SMILES string of the molecule is Cn1cc(C(C)(O)CNC(=O)C(C)(C)Oc2ccc(F)cc2)cn1. The number of carbonyl (C=O) groups excluding carboxylic acids is 1. The van der Waals surface area contributed by atoms with Crippen LogP contribution in [-0.2, 0) is 17.4 Å². The standard InChI is InChI=1S/C17H22FN3O3/c1-16(2,24-14-7-5-13(18)6-8-14)15(22)19-11-17(3,23)12-9-20-21(4)10-12/h5-10,23H,11H2,1-4H3,(H,19,22). The molecule has 0 radical (unpaired) electrons. The molecular formula is C17H22FN3O3. The Morgan fingerprint density at radius 1 is 1.33 bits per heavy atom. The molecule has 1 aromatic carbocycles. The maximum absolute atomic E-state index is 12.9. The molecule has 1 aromatic heterocycles. The highest BCUT2D eigenvalue weighted by Gasteiger charge is 2.33. The summed E-state index contributed by atoms with van der Waals surface area (Å²) in [6, 6.07) is 5.43. The first-order chi connectivity index (χ1) is 11.1. The quantitative estimate of drug-likeness (QED) is 0.843. The fourth-order valence-corrected chi connectivity index (χ4v) is 2.11. The Morgan fingerprint density at radius 2 is 1.96 bits per heavy atom. The van der Waals surface area contributed by atoms with Gasteiger partial charge in [-0.25, -0.2) is 4.39 Å². The Labute approximate surface area is 140 Å². The number of nitrogens with zero attached hydrogens (tertiary/aromatic N) is 2. The smallest absolute Gasteiger partial charge is 0.263 e. The largest absolute Gasteiger partial charge is 0.478 e. The van der Waals surface area contributed by atoms with Gasteiger partial charge in [0.15, 0.2) is 5.60 Å². The summed E-state index contributed by atoms with van der Waals surface area (Å²) in [5.74, 6) is -0.385. The van der Waals surface area contributed by atoms with Crippen molar-refractivity contribution in [2.24, 2.45) is 7.05 Å². The Kier molecular flexibility index (Phi) is 4.94. The lowest BCUT2D eigenvalue weighted by Crippen LogP contribution is -2.50. The number of aliphatic hydroxyl groups is 1. The Bertz CT molecular complexity index is 708. The van der Waals surface area contributed by atoms with E-state index in [0.717, 1.165) is 0 Å². The number of ether oxygens (including phenoxy) is 1. The van der Waals surface area contributed by atoms with E-state index in [1.54, 1.807) is 44.9 Å². The fraction of sp³-hybridized carbons (Fsp3) is 0.412. The number of carbonyl (C=O) groups is 1. The van der Waals surface area contributed by atoms with Gasteiger partial charge in [0.25, 0.3) is 5.91 Å². The van der Waals surface area contributed by atoms with Gasteiger partial charge in [-0.2, -0.15) is 5.10 Å². The van der Waals surface area contributed by atoms with E-state index in [2.05, 4.69) is 10.4 Å². The number of aryl methyl sites for hydroxylation is 1. The molecule has 1 unspecified atom stereocenters. The lowest BCUT2D eigenvalue weighted by molar-refractivity contribution is -0.135. The Morgan fingerprint density at radius 3 is 2.50 bits per heavy atom. The lowest BCUT2D eigenvalue weighted by Gasteiger charge is -2.28. The van der Waals surface area contributed by atoms with Gasteiger partial charge in [-0.1, -0.05) is 0 Å². The molecule has 0 spiro atoms. The molecule has 24 heavy (non-hydrogen) atoms. The van der Waals surface area contributed by atoms with Crippen LogP contribution in [-0.4, -0.2) is 32.9 Å². The Hall–Kier alpha value is -2.41. The number of hydrogen-bond donors (Lipinski definition) is 2. The second kappa shape index (κ2) is 6.60. The summed E-state index contributed by atoms with van der Waals surface area (Å²) in [7, 11) is 1.75. The third kappa shape index (κ3) is 4.32. The number of halogens is 1. The van der Waals surface area contributed by atoms with Crippen molar-refractivity contribution in [3.63, 3.8) is 0 Å². The number of benzene rings is 1. The van der Waals surface area contributed by atoms with E-state index < -0.39 is 17.1 Å². The predicted molar refractivity (Wildman–Crippen MR) is 86.9 cm³/mol. The van der Waals surface area contributed by atoms with Crippen molar-refractivity contribution in [1.29, 1.82) is 0 Å². The van der Waals surface area contributed by atoms with Gasteiger partial charge in [0.05, 0.1) is 12.7 Å². The number of rotatable bonds is 6. The first kappa shape index (κ1) is 17.9. The minimum atomic E-state index is -1.25. The van der Waals surface area contributed by atoms with Crippen LogP contribution in [0.15, 0.2) is 36.7 Å². The van der Waals surface area contributed by atoms with E-state index in [9.17, 15) is 14.3 Å². The molecule has 130 valence electrons. The molecule has 0 fully saturated rings. The van der Waals surface area contributed by atoms with Crippen LogP contribution < -0.4 is 10.1 Å². The van der Waals surface area contributed by atoms with Crippen molar-refractivity contribution in [1.82, 2.24) is 15.1 Å². The number of aromatic nitrogens is 2. The van der Waals surface area contributed by atoms with Crippen LogP contribution in [0.25, 0.3) is 0 Å². The number of amides is 1.